The molecule has 1 fully saturated rings. The van der Waals surface area contributed by atoms with Gasteiger partial charge in [-0.15, -0.1) is 0 Å². The van der Waals surface area contributed by atoms with Crippen molar-refractivity contribution in [1.82, 2.24) is 15.6 Å². The maximum Gasteiger partial charge on any atom is 0.388 e. The van der Waals surface area contributed by atoms with Crippen LogP contribution in [0.2, 0.25) is 0 Å². The van der Waals surface area contributed by atoms with Crippen molar-refractivity contribution in [3.8, 4) is 5.88 Å². The van der Waals surface area contributed by atoms with Crippen LogP contribution in [0.1, 0.15) is 37.7 Å². The molecule has 3 N–H and O–H groups in total. The van der Waals surface area contributed by atoms with Crippen LogP contribution in [-0.2, 0) is 6.54 Å². The van der Waals surface area contributed by atoms with Gasteiger partial charge in [-0.05, 0) is 24.5 Å². The third-order valence-electron chi connectivity index (χ3n) is 3.40. The number of amides is 2. The van der Waals surface area contributed by atoms with Crippen LogP contribution in [0, 0.1) is 0 Å². The molecule has 0 bridgehead atoms. The molecule has 1 heterocycles. The molecule has 25 heavy (non-hydrogen) atoms. The van der Waals surface area contributed by atoms with E-state index in [0.29, 0.717) is 5.56 Å². The Labute approximate surface area is 142 Å². The molecule has 6 nitrogen and oxygen atoms in total. The highest BCUT2D eigenvalue weighted by atomic mass is 19.3. The van der Waals surface area contributed by atoms with E-state index in [9.17, 15) is 22.4 Å². The lowest BCUT2D eigenvalue weighted by Crippen LogP contribution is -2.42. The summed E-state index contributed by atoms with van der Waals surface area (Å²) in [5, 5.41) is 12.3. The number of pyridine rings is 1. The highest BCUT2D eigenvalue weighted by Gasteiger charge is 2.15. The molecule has 0 saturated heterocycles. The first-order valence-electron chi connectivity index (χ1n) is 7.77. The molecule has 0 radical (unpaired) electrons. The van der Waals surface area contributed by atoms with Gasteiger partial charge in [0.15, 0.2) is 0 Å². The van der Waals surface area contributed by atoms with Crippen LogP contribution in [0.25, 0.3) is 0 Å². The molecule has 2 rings (SSSR count). The molecular weight excluding hydrogens is 346 g/mol. The SMILES string of the molecule is O=C(NCc1ccnc(OC(F)F)c1)NC1CCCCC1.OC(F)F. The van der Waals surface area contributed by atoms with Gasteiger partial charge >= 0.3 is 19.3 Å². The smallest absolute Gasteiger partial charge is 0.388 e. The Kier molecular flexibility index (Phi) is 9.60. The van der Waals surface area contributed by atoms with Gasteiger partial charge in [-0.25, -0.2) is 9.78 Å². The van der Waals surface area contributed by atoms with Crippen molar-refractivity contribution in [1.29, 1.82) is 0 Å². The van der Waals surface area contributed by atoms with Gasteiger partial charge in [0.25, 0.3) is 0 Å². The molecule has 1 aromatic rings. The van der Waals surface area contributed by atoms with E-state index in [1.54, 1.807) is 6.07 Å². The van der Waals surface area contributed by atoms with Crippen LogP contribution < -0.4 is 15.4 Å². The van der Waals surface area contributed by atoms with Crippen molar-refractivity contribution in [3.63, 3.8) is 0 Å². The molecule has 0 atom stereocenters. The largest absolute Gasteiger partial charge is 0.417 e. The number of nitrogens with one attached hydrogen (secondary N) is 2. The molecule has 142 valence electrons. The first-order chi connectivity index (χ1) is 11.9. The Bertz CT molecular complexity index is 512. The highest BCUT2D eigenvalue weighted by molar-refractivity contribution is 5.74. The number of carbonyl (C=O) groups is 1. The van der Waals surface area contributed by atoms with Gasteiger partial charge in [-0.1, -0.05) is 19.3 Å². The molecule has 1 saturated carbocycles. The molecular formula is C15H21F4N3O3. The van der Waals surface area contributed by atoms with E-state index in [4.69, 9.17) is 5.11 Å². The minimum Gasteiger partial charge on any atom is -0.417 e. The second-order valence-electron chi connectivity index (χ2n) is 5.32. The summed E-state index contributed by atoms with van der Waals surface area (Å²) in [6.45, 7) is -5.84. The van der Waals surface area contributed by atoms with E-state index >= 15 is 0 Å². The molecule has 1 aliphatic carbocycles. The number of alkyl halides is 4. The Hall–Kier alpha value is -2.10. The van der Waals surface area contributed by atoms with Gasteiger partial charge in [0.1, 0.15) is 0 Å². The zero-order valence-electron chi connectivity index (χ0n) is 13.4. The van der Waals surface area contributed by atoms with E-state index in [2.05, 4.69) is 20.4 Å². The molecule has 0 spiro atoms. The average Bonchev–Trinajstić information content (AvgIpc) is 2.53. The van der Waals surface area contributed by atoms with E-state index in [1.807, 2.05) is 0 Å². The standard InChI is InChI=1S/C14H19F2N3O2.CH2F2O/c15-13(16)21-12-8-10(6-7-17-12)9-18-14(20)19-11-4-2-1-3-5-11;2-1(3)4/h6-8,11,13H,1-5,9H2,(H2,18,19,20);1,4H. The van der Waals surface area contributed by atoms with Gasteiger partial charge in [0.2, 0.25) is 5.88 Å². The maximum atomic E-state index is 12.1. The topological polar surface area (TPSA) is 83.5 Å². The fraction of sp³-hybridized carbons (Fsp3) is 0.600. The quantitative estimate of drug-likeness (QED) is 0.699. The molecule has 0 aromatic carbocycles. The molecule has 0 unspecified atom stereocenters. The number of ether oxygens (including phenoxy) is 1. The van der Waals surface area contributed by atoms with E-state index < -0.39 is 13.2 Å². The Morgan fingerprint density at radius 2 is 1.92 bits per heavy atom. The zero-order valence-corrected chi connectivity index (χ0v) is 13.4. The second kappa shape index (κ2) is 11.5. The van der Waals surface area contributed by atoms with Crippen LogP contribution in [-0.4, -0.2) is 35.4 Å². The van der Waals surface area contributed by atoms with Crippen molar-refractivity contribution in [3.05, 3.63) is 23.9 Å². The maximum absolute atomic E-state index is 12.1. The van der Waals surface area contributed by atoms with Crippen molar-refractivity contribution >= 4 is 6.03 Å². The van der Waals surface area contributed by atoms with Crippen LogP contribution in [0.15, 0.2) is 18.3 Å². The summed E-state index contributed by atoms with van der Waals surface area (Å²) in [6, 6.07) is 3.01. The van der Waals surface area contributed by atoms with Crippen molar-refractivity contribution < 1.29 is 32.2 Å². The Morgan fingerprint density at radius 1 is 1.28 bits per heavy atom. The third kappa shape index (κ3) is 10.4. The number of aliphatic hydroxyl groups is 1. The highest BCUT2D eigenvalue weighted by Crippen LogP contribution is 2.17. The lowest BCUT2D eigenvalue weighted by atomic mass is 9.96. The number of hydrogen-bond acceptors (Lipinski definition) is 4. The third-order valence-corrected chi connectivity index (χ3v) is 3.40. The lowest BCUT2D eigenvalue weighted by molar-refractivity contribution is -0.0729. The number of nitrogens with zero attached hydrogens (tertiary/aromatic N) is 1. The molecule has 1 aromatic heterocycles. The normalized spacial score (nSPS) is 14.7. The van der Waals surface area contributed by atoms with E-state index in [1.165, 1.54) is 18.7 Å². The first kappa shape index (κ1) is 20.9. The fourth-order valence-corrected chi connectivity index (χ4v) is 2.38. The van der Waals surface area contributed by atoms with Gasteiger partial charge in [0, 0.05) is 24.8 Å². The predicted molar refractivity (Wildman–Crippen MR) is 81.3 cm³/mol. The average molecular weight is 367 g/mol. The van der Waals surface area contributed by atoms with Crippen LogP contribution in [0.3, 0.4) is 0 Å². The predicted octanol–water partition coefficient (Wildman–Crippen LogP) is 3.02. The lowest BCUT2D eigenvalue weighted by Gasteiger charge is -2.22. The number of urea groups is 1. The number of halogens is 4. The van der Waals surface area contributed by atoms with Crippen molar-refractivity contribution in [2.45, 2.75) is 57.9 Å². The Morgan fingerprint density at radius 3 is 2.52 bits per heavy atom. The molecule has 10 heteroatoms. The first-order valence-corrected chi connectivity index (χ1v) is 7.77. The van der Waals surface area contributed by atoms with E-state index in [0.717, 1.165) is 25.7 Å². The monoisotopic (exact) mass is 367 g/mol. The van der Waals surface area contributed by atoms with E-state index in [-0.39, 0.29) is 24.5 Å². The number of carbonyl (C=O) groups excluding carboxylic acids is 1. The summed E-state index contributed by atoms with van der Waals surface area (Å²) >= 11 is 0. The van der Waals surface area contributed by atoms with Gasteiger partial charge in [-0.2, -0.15) is 17.6 Å². The summed E-state index contributed by atoms with van der Waals surface area (Å²) in [7, 11) is 0. The minimum atomic E-state index is -3.17. The number of rotatable bonds is 5. The number of aromatic nitrogens is 1. The summed E-state index contributed by atoms with van der Waals surface area (Å²) in [6.07, 6.45) is 6.90. The summed E-state index contributed by atoms with van der Waals surface area (Å²) in [4.78, 5) is 15.4. The zero-order chi connectivity index (χ0) is 18.7. The van der Waals surface area contributed by atoms with Crippen LogP contribution in [0.5, 0.6) is 5.88 Å². The Balaban J connectivity index is 0.000000705. The molecule has 0 aliphatic heterocycles. The van der Waals surface area contributed by atoms with Crippen LogP contribution >= 0.6 is 0 Å². The fourth-order valence-electron chi connectivity index (χ4n) is 2.38. The second-order valence-corrected chi connectivity index (χ2v) is 5.32. The summed E-state index contributed by atoms with van der Waals surface area (Å²) < 4.78 is 48.2. The number of aliphatic hydroxyl groups excluding tert-OH is 1. The summed E-state index contributed by atoms with van der Waals surface area (Å²) in [5.74, 6) is -0.156. The summed E-state index contributed by atoms with van der Waals surface area (Å²) in [5.41, 5.74) is 0.652. The van der Waals surface area contributed by atoms with Gasteiger partial charge in [-0.3, -0.25) is 0 Å². The molecule has 1 aliphatic rings. The molecule has 2 amide bonds. The minimum absolute atomic E-state index is 0.156. The van der Waals surface area contributed by atoms with Crippen molar-refractivity contribution in [2.24, 2.45) is 0 Å². The van der Waals surface area contributed by atoms with Gasteiger partial charge in [0.05, 0.1) is 0 Å². The van der Waals surface area contributed by atoms with Crippen molar-refractivity contribution in [2.75, 3.05) is 0 Å². The van der Waals surface area contributed by atoms with Gasteiger partial charge < -0.3 is 20.5 Å². The number of hydrogen-bond donors (Lipinski definition) is 3. The van der Waals surface area contributed by atoms with Crippen LogP contribution in [0.4, 0.5) is 22.4 Å².